The van der Waals surface area contributed by atoms with Gasteiger partial charge in [-0.05, 0) is 58.0 Å². The van der Waals surface area contributed by atoms with Gasteiger partial charge in [0.05, 0.1) is 12.3 Å². The smallest absolute Gasteiger partial charge is 0.128 e. The van der Waals surface area contributed by atoms with Crippen LogP contribution in [0, 0.1) is 5.82 Å². The number of nitrogens with zero attached hydrogens (tertiary/aromatic N) is 2. The Hall–Kier alpha value is -1.62. The van der Waals surface area contributed by atoms with Gasteiger partial charge in [0.2, 0.25) is 0 Å². The summed E-state index contributed by atoms with van der Waals surface area (Å²) >= 11 is 0. The fraction of sp³-hybridized carbons (Fsp3) is 0.562. The molecule has 5 heteroatoms. The van der Waals surface area contributed by atoms with E-state index in [4.69, 9.17) is 9.94 Å². The first kappa shape index (κ1) is 15.8. The van der Waals surface area contributed by atoms with Crippen molar-refractivity contribution in [3.05, 3.63) is 29.6 Å². The molecule has 116 valence electrons. The van der Waals surface area contributed by atoms with E-state index in [-0.39, 0.29) is 5.82 Å². The molecule has 0 bridgehead atoms. The molecule has 0 saturated carbocycles. The highest BCUT2D eigenvalue weighted by Crippen LogP contribution is 2.22. The monoisotopic (exact) mass is 294 g/mol. The molecule has 1 atom stereocenters. The van der Waals surface area contributed by atoms with E-state index in [1.54, 1.807) is 13.0 Å². The first-order valence-electron chi connectivity index (χ1n) is 7.43. The molecular formula is C16H23FN2O2. The van der Waals surface area contributed by atoms with Crippen molar-refractivity contribution in [1.29, 1.82) is 0 Å². The van der Waals surface area contributed by atoms with Crippen molar-refractivity contribution in [2.24, 2.45) is 5.16 Å². The van der Waals surface area contributed by atoms with Crippen LogP contribution in [0.15, 0.2) is 23.4 Å². The molecule has 1 aromatic rings. The summed E-state index contributed by atoms with van der Waals surface area (Å²) < 4.78 is 19.1. The second-order valence-electron chi connectivity index (χ2n) is 5.59. The van der Waals surface area contributed by atoms with Crippen LogP contribution >= 0.6 is 0 Å². The van der Waals surface area contributed by atoms with Crippen LogP contribution in [0.4, 0.5) is 4.39 Å². The van der Waals surface area contributed by atoms with Gasteiger partial charge in [0.25, 0.3) is 0 Å². The Bertz CT molecular complexity index is 505. The SMILES string of the molecule is C/C(=N\O)c1cc(F)ccc1OCCC1CCCCN1C. The molecule has 1 aliphatic heterocycles. The van der Waals surface area contributed by atoms with E-state index < -0.39 is 0 Å². The highest BCUT2D eigenvalue weighted by molar-refractivity contribution is 6.00. The topological polar surface area (TPSA) is 45.1 Å². The van der Waals surface area contributed by atoms with Crippen molar-refractivity contribution < 1.29 is 14.3 Å². The summed E-state index contributed by atoms with van der Waals surface area (Å²) in [6, 6.07) is 4.83. The number of halogens is 1. The molecule has 2 rings (SSSR count). The Labute approximate surface area is 125 Å². The van der Waals surface area contributed by atoms with Crippen LogP contribution < -0.4 is 4.74 Å². The maximum atomic E-state index is 13.3. The lowest BCUT2D eigenvalue weighted by atomic mass is 10.0. The van der Waals surface area contributed by atoms with E-state index in [0.29, 0.717) is 29.7 Å². The summed E-state index contributed by atoms with van der Waals surface area (Å²) in [7, 11) is 2.15. The van der Waals surface area contributed by atoms with E-state index in [1.165, 1.54) is 31.4 Å². The molecule has 1 heterocycles. The summed E-state index contributed by atoms with van der Waals surface area (Å²) in [5.74, 6) is 0.192. The minimum Gasteiger partial charge on any atom is -0.493 e. The molecule has 0 radical (unpaired) electrons. The van der Waals surface area contributed by atoms with Crippen molar-refractivity contribution in [3.63, 3.8) is 0 Å². The Morgan fingerprint density at radius 1 is 1.48 bits per heavy atom. The predicted octanol–water partition coefficient (Wildman–Crippen LogP) is 3.28. The Morgan fingerprint density at radius 2 is 2.29 bits per heavy atom. The second kappa shape index (κ2) is 7.41. The summed E-state index contributed by atoms with van der Waals surface area (Å²) in [4.78, 5) is 2.37. The van der Waals surface area contributed by atoms with Crippen LogP contribution in [0.5, 0.6) is 5.75 Å². The molecule has 1 aliphatic rings. The third-order valence-electron chi connectivity index (χ3n) is 4.11. The van der Waals surface area contributed by atoms with Gasteiger partial charge in [-0.1, -0.05) is 11.6 Å². The summed E-state index contributed by atoms with van der Waals surface area (Å²) in [6.45, 7) is 3.34. The number of hydrogen-bond acceptors (Lipinski definition) is 4. The average molecular weight is 294 g/mol. The lowest BCUT2D eigenvalue weighted by molar-refractivity contribution is 0.153. The zero-order chi connectivity index (χ0) is 15.2. The Kier molecular flexibility index (Phi) is 5.56. The number of ether oxygens (including phenoxy) is 1. The molecule has 0 aromatic heterocycles. The minimum atomic E-state index is -0.368. The largest absolute Gasteiger partial charge is 0.493 e. The zero-order valence-corrected chi connectivity index (χ0v) is 12.7. The average Bonchev–Trinajstić information content (AvgIpc) is 2.49. The second-order valence-corrected chi connectivity index (χ2v) is 5.59. The van der Waals surface area contributed by atoms with Crippen LogP contribution in [0.25, 0.3) is 0 Å². The molecule has 1 fully saturated rings. The van der Waals surface area contributed by atoms with Crippen molar-refractivity contribution in [2.45, 2.75) is 38.6 Å². The number of likely N-dealkylation sites (tertiary alicyclic amines) is 1. The van der Waals surface area contributed by atoms with Crippen molar-refractivity contribution in [2.75, 3.05) is 20.2 Å². The van der Waals surface area contributed by atoms with Crippen molar-refractivity contribution >= 4 is 5.71 Å². The van der Waals surface area contributed by atoms with Gasteiger partial charge in [0.15, 0.2) is 0 Å². The van der Waals surface area contributed by atoms with Crippen LogP contribution in [-0.4, -0.2) is 42.1 Å². The van der Waals surface area contributed by atoms with Gasteiger partial charge in [-0.15, -0.1) is 0 Å². The Morgan fingerprint density at radius 3 is 3.00 bits per heavy atom. The molecule has 1 N–H and O–H groups in total. The highest BCUT2D eigenvalue weighted by Gasteiger charge is 2.19. The maximum absolute atomic E-state index is 13.3. The number of benzene rings is 1. The fourth-order valence-corrected chi connectivity index (χ4v) is 2.78. The molecule has 4 nitrogen and oxygen atoms in total. The minimum absolute atomic E-state index is 0.347. The third-order valence-corrected chi connectivity index (χ3v) is 4.11. The van der Waals surface area contributed by atoms with Gasteiger partial charge >= 0.3 is 0 Å². The van der Waals surface area contributed by atoms with E-state index in [0.717, 1.165) is 13.0 Å². The molecule has 21 heavy (non-hydrogen) atoms. The van der Waals surface area contributed by atoms with Crippen molar-refractivity contribution in [3.8, 4) is 5.75 Å². The number of hydrogen-bond donors (Lipinski definition) is 1. The van der Waals surface area contributed by atoms with Gasteiger partial charge in [-0.3, -0.25) is 0 Å². The molecule has 1 unspecified atom stereocenters. The van der Waals surface area contributed by atoms with E-state index >= 15 is 0 Å². The third kappa shape index (κ3) is 4.17. The standard InChI is InChI=1S/C16H23FN2O2/c1-12(18-20)15-11-13(17)6-7-16(15)21-10-8-14-5-3-4-9-19(14)2/h6-7,11,14,20H,3-5,8-10H2,1-2H3/b18-12+. The molecule has 1 saturated heterocycles. The predicted molar refractivity (Wildman–Crippen MR) is 80.8 cm³/mol. The Balaban J connectivity index is 1.96. The van der Waals surface area contributed by atoms with Gasteiger partial charge in [0, 0.05) is 11.6 Å². The quantitative estimate of drug-likeness (QED) is 0.515. The van der Waals surface area contributed by atoms with Crippen LogP contribution in [0.2, 0.25) is 0 Å². The summed E-state index contributed by atoms with van der Waals surface area (Å²) in [5, 5.41) is 12.0. The normalized spacial score (nSPS) is 20.5. The van der Waals surface area contributed by atoms with Gasteiger partial charge < -0.3 is 14.8 Å². The van der Waals surface area contributed by atoms with Crippen LogP contribution in [-0.2, 0) is 0 Å². The first-order valence-corrected chi connectivity index (χ1v) is 7.43. The maximum Gasteiger partial charge on any atom is 0.128 e. The van der Waals surface area contributed by atoms with Crippen LogP contribution in [0.1, 0.15) is 38.2 Å². The van der Waals surface area contributed by atoms with Crippen molar-refractivity contribution in [1.82, 2.24) is 4.90 Å². The molecule has 0 aliphatic carbocycles. The van der Waals surface area contributed by atoms with E-state index in [2.05, 4.69) is 17.1 Å². The zero-order valence-electron chi connectivity index (χ0n) is 12.7. The van der Waals surface area contributed by atoms with Gasteiger partial charge in [-0.2, -0.15) is 0 Å². The first-order chi connectivity index (χ1) is 10.1. The number of rotatable bonds is 5. The summed E-state index contributed by atoms with van der Waals surface area (Å²) in [6.07, 6.45) is 4.69. The molecule has 0 spiro atoms. The van der Waals surface area contributed by atoms with Gasteiger partial charge in [0.1, 0.15) is 11.6 Å². The van der Waals surface area contributed by atoms with Crippen LogP contribution in [0.3, 0.4) is 0 Å². The lowest BCUT2D eigenvalue weighted by Crippen LogP contribution is -2.37. The summed E-state index contributed by atoms with van der Waals surface area (Å²) in [5.41, 5.74) is 0.841. The molecule has 0 amide bonds. The van der Waals surface area contributed by atoms with E-state index in [1.807, 2.05) is 0 Å². The van der Waals surface area contributed by atoms with Gasteiger partial charge in [-0.25, -0.2) is 4.39 Å². The number of oxime groups is 1. The molecule has 1 aromatic carbocycles. The highest BCUT2D eigenvalue weighted by atomic mass is 19.1. The molecular weight excluding hydrogens is 271 g/mol. The number of piperidine rings is 1. The van der Waals surface area contributed by atoms with E-state index in [9.17, 15) is 4.39 Å². The lowest BCUT2D eigenvalue weighted by Gasteiger charge is -2.32. The fourth-order valence-electron chi connectivity index (χ4n) is 2.78.